The Morgan fingerprint density at radius 1 is 1.14 bits per heavy atom. The second-order valence-corrected chi connectivity index (χ2v) is 6.78. The number of rotatable bonds is 3. The Labute approximate surface area is 130 Å². The van der Waals surface area contributed by atoms with Crippen LogP contribution in [0, 0.1) is 5.41 Å². The molecule has 1 spiro atoms. The third kappa shape index (κ3) is 4.08. The molecule has 118 valence electrons. The fraction of sp³-hybridized carbons (Fsp3) is 0.684. The van der Waals surface area contributed by atoms with Crippen LogP contribution in [0.25, 0.3) is 0 Å². The number of nitrogens with zero attached hydrogens (tertiary/aromatic N) is 1. The van der Waals surface area contributed by atoms with E-state index in [1.807, 2.05) is 13.8 Å². The predicted molar refractivity (Wildman–Crippen MR) is 91.7 cm³/mol. The fourth-order valence-corrected chi connectivity index (χ4v) is 3.33. The van der Waals surface area contributed by atoms with Gasteiger partial charge in [0.25, 0.3) is 0 Å². The van der Waals surface area contributed by atoms with Crippen molar-refractivity contribution in [1.29, 1.82) is 0 Å². The van der Waals surface area contributed by atoms with Gasteiger partial charge in [0, 0.05) is 19.6 Å². The highest BCUT2D eigenvalue weighted by Crippen LogP contribution is 2.35. The van der Waals surface area contributed by atoms with Crippen molar-refractivity contribution in [2.45, 2.75) is 53.0 Å². The van der Waals surface area contributed by atoms with Crippen LogP contribution >= 0.6 is 0 Å². The number of hydrogen-bond acceptors (Lipinski definition) is 2. The van der Waals surface area contributed by atoms with Gasteiger partial charge in [-0.25, -0.2) is 0 Å². The zero-order valence-corrected chi connectivity index (χ0v) is 14.3. The van der Waals surface area contributed by atoms with Crippen LogP contribution in [0.15, 0.2) is 24.3 Å². The fourth-order valence-electron chi connectivity index (χ4n) is 3.33. The monoisotopic (exact) mass is 288 g/mol. The van der Waals surface area contributed by atoms with Gasteiger partial charge in [0.05, 0.1) is 0 Å². The maximum absolute atomic E-state index is 3.44. The van der Waals surface area contributed by atoms with Gasteiger partial charge in [-0.2, -0.15) is 0 Å². The van der Waals surface area contributed by atoms with E-state index in [-0.39, 0.29) is 0 Å². The largest absolute Gasteiger partial charge is 0.316 e. The Morgan fingerprint density at radius 3 is 2.33 bits per heavy atom. The second kappa shape index (κ2) is 7.42. The van der Waals surface area contributed by atoms with Crippen LogP contribution in [0.2, 0.25) is 0 Å². The molecule has 0 atom stereocenters. The van der Waals surface area contributed by atoms with Crippen molar-refractivity contribution < 1.29 is 0 Å². The van der Waals surface area contributed by atoms with Gasteiger partial charge >= 0.3 is 0 Å². The molecule has 0 unspecified atom stereocenters. The van der Waals surface area contributed by atoms with Crippen molar-refractivity contribution in [2.24, 2.45) is 5.41 Å². The Bertz CT molecular complexity index is 425. The molecule has 0 aromatic heterocycles. The van der Waals surface area contributed by atoms with E-state index in [1.54, 1.807) is 0 Å². The SMILES string of the molecule is CC.CC(C)c1cccc(CN2CCC3(CC2)CNC3)c1. The van der Waals surface area contributed by atoms with Crippen LogP contribution in [0.5, 0.6) is 0 Å². The normalized spacial score (nSPS) is 20.8. The van der Waals surface area contributed by atoms with E-state index in [0.717, 1.165) is 6.54 Å². The molecule has 2 heterocycles. The predicted octanol–water partition coefficient (Wildman–Crippen LogP) is 4.02. The number of piperidine rings is 1. The molecular weight excluding hydrogens is 256 g/mol. The molecule has 2 aliphatic rings. The molecule has 2 saturated heterocycles. The van der Waals surface area contributed by atoms with E-state index in [0.29, 0.717) is 11.3 Å². The standard InChI is InChI=1S/C17H26N2.C2H6/c1-14(2)16-5-3-4-15(10-16)11-19-8-6-17(7-9-19)12-18-13-17;1-2/h3-5,10,14,18H,6-9,11-13H2,1-2H3;1-2H3. The van der Waals surface area contributed by atoms with E-state index in [2.05, 4.69) is 48.3 Å². The molecule has 1 aromatic rings. The minimum absolute atomic E-state index is 0.630. The Kier molecular flexibility index (Phi) is 5.83. The van der Waals surface area contributed by atoms with Crippen LogP contribution in [0.1, 0.15) is 57.6 Å². The average molecular weight is 288 g/mol. The summed E-state index contributed by atoms with van der Waals surface area (Å²) < 4.78 is 0. The van der Waals surface area contributed by atoms with Gasteiger partial charge in [-0.1, -0.05) is 52.0 Å². The van der Waals surface area contributed by atoms with Gasteiger partial charge < -0.3 is 5.32 Å². The molecule has 0 bridgehead atoms. The maximum atomic E-state index is 3.44. The molecule has 2 heteroatoms. The van der Waals surface area contributed by atoms with Crippen molar-refractivity contribution in [1.82, 2.24) is 10.2 Å². The molecule has 1 aromatic carbocycles. The minimum Gasteiger partial charge on any atom is -0.316 e. The first-order chi connectivity index (χ1) is 10.2. The van der Waals surface area contributed by atoms with Crippen molar-refractivity contribution in [3.8, 4) is 0 Å². The molecule has 2 nitrogen and oxygen atoms in total. The van der Waals surface area contributed by atoms with E-state index >= 15 is 0 Å². The van der Waals surface area contributed by atoms with E-state index in [9.17, 15) is 0 Å². The molecule has 0 amide bonds. The molecule has 3 rings (SSSR count). The van der Waals surface area contributed by atoms with E-state index in [4.69, 9.17) is 0 Å². The van der Waals surface area contributed by atoms with E-state index < -0.39 is 0 Å². The molecule has 1 N–H and O–H groups in total. The smallest absolute Gasteiger partial charge is 0.0233 e. The summed E-state index contributed by atoms with van der Waals surface area (Å²) in [5, 5.41) is 3.44. The van der Waals surface area contributed by atoms with Gasteiger partial charge in [-0.05, 0) is 48.4 Å². The quantitative estimate of drug-likeness (QED) is 0.903. The number of nitrogens with one attached hydrogen (secondary N) is 1. The zero-order chi connectivity index (χ0) is 15.3. The number of hydrogen-bond donors (Lipinski definition) is 1. The summed E-state index contributed by atoms with van der Waals surface area (Å²) in [6, 6.07) is 9.13. The highest BCUT2D eigenvalue weighted by atomic mass is 15.1. The zero-order valence-electron chi connectivity index (χ0n) is 14.3. The van der Waals surface area contributed by atoms with Gasteiger partial charge in [0.2, 0.25) is 0 Å². The number of benzene rings is 1. The van der Waals surface area contributed by atoms with Crippen molar-refractivity contribution in [2.75, 3.05) is 26.2 Å². The summed E-state index contributed by atoms with van der Waals surface area (Å²) in [4.78, 5) is 2.63. The van der Waals surface area contributed by atoms with Crippen molar-refractivity contribution in [3.05, 3.63) is 35.4 Å². The lowest BCUT2D eigenvalue weighted by Gasteiger charge is -2.48. The Balaban J connectivity index is 0.000000774. The van der Waals surface area contributed by atoms with Gasteiger partial charge in [0.1, 0.15) is 0 Å². The lowest BCUT2D eigenvalue weighted by atomic mass is 9.73. The molecule has 2 fully saturated rings. The van der Waals surface area contributed by atoms with Gasteiger partial charge in [-0.15, -0.1) is 0 Å². The first-order valence-corrected chi connectivity index (χ1v) is 8.69. The highest BCUT2D eigenvalue weighted by molar-refractivity contribution is 5.25. The first kappa shape index (κ1) is 16.5. The summed E-state index contributed by atoms with van der Waals surface area (Å²) in [5.41, 5.74) is 3.61. The molecule has 0 saturated carbocycles. The van der Waals surface area contributed by atoms with Crippen LogP contribution in [0.4, 0.5) is 0 Å². The molecule has 21 heavy (non-hydrogen) atoms. The highest BCUT2D eigenvalue weighted by Gasteiger charge is 2.39. The third-order valence-corrected chi connectivity index (χ3v) is 4.94. The van der Waals surface area contributed by atoms with Gasteiger partial charge in [-0.3, -0.25) is 4.90 Å². The lowest BCUT2D eigenvalue weighted by molar-refractivity contribution is 0.0520. The average Bonchev–Trinajstić information content (AvgIpc) is 2.49. The molecular formula is C19H32N2. The minimum atomic E-state index is 0.630. The lowest BCUT2D eigenvalue weighted by Crippen LogP contribution is -2.58. The number of likely N-dealkylation sites (tertiary alicyclic amines) is 1. The van der Waals surface area contributed by atoms with Crippen LogP contribution in [0.3, 0.4) is 0 Å². The topological polar surface area (TPSA) is 15.3 Å². The van der Waals surface area contributed by atoms with Crippen LogP contribution in [-0.2, 0) is 6.54 Å². The Hall–Kier alpha value is -0.860. The third-order valence-electron chi connectivity index (χ3n) is 4.94. The molecule has 0 radical (unpaired) electrons. The second-order valence-electron chi connectivity index (χ2n) is 6.78. The Morgan fingerprint density at radius 2 is 1.81 bits per heavy atom. The first-order valence-electron chi connectivity index (χ1n) is 8.69. The van der Waals surface area contributed by atoms with Crippen molar-refractivity contribution >= 4 is 0 Å². The van der Waals surface area contributed by atoms with Gasteiger partial charge in [0.15, 0.2) is 0 Å². The summed E-state index contributed by atoms with van der Waals surface area (Å²) in [6.45, 7) is 14.7. The van der Waals surface area contributed by atoms with Crippen LogP contribution in [-0.4, -0.2) is 31.1 Å². The maximum Gasteiger partial charge on any atom is 0.0233 e. The van der Waals surface area contributed by atoms with Crippen molar-refractivity contribution in [3.63, 3.8) is 0 Å². The summed E-state index contributed by atoms with van der Waals surface area (Å²) in [7, 11) is 0. The molecule has 0 aliphatic carbocycles. The molecule has 2 aliphatic heterocycles. The van der Waals surface area contributed by atoms with E-state index in [1.165, 1.54) is 50.1 Å². The summed E-state index contributed by atoms with van der Waals surface area (Å²) in [6.07, 6.45) is 2.76. The summed E-state index contributed by atoms with van der Waals surface area (Å²) in [5.74, 6) is 0.630. The summed E-state index contributed by atoms with van der Waals surface area (Å²) >= 11 is 0. The van der Waals surface area contributed by atoms with Crippen LogP contribution < -0.4 is 5.32 Å².